The van der Waals surface area contributed by atoms with Gasteiger partial charge in [-0.2, -0.15) is 0 Å². The van der Waals surface area contributed by atoms with Crippen LogP contribution in [0.25, 0.3) is 0 Å². The number of sulfonamides is 1. The third kappa shape index (κ3) is 6.54. The molecule has 0 heterocycles. The van der Waals surface area contributed by atoms with Gasteiger partial charge in [0.2, 0.25) is 21.8 Å². The van der Waals surface area contributed by atoms with Crippen LogP contribution in [0, 0.1) is 0 Å². The van der Waals surface area contributed by atoms with Gasteiger partial charge in [-0.05, 0) is 30.2 Å². The predicted molar refractivity (Wildman–Crippen MR) is 132 cm³/mol. The molecule has 2 aromatic rings. The Hall–Kier alpha value is -2.98. The van der Waals surface area contributed by atoms with Gasteiger partial charge >= 0.3 is 0 Å². The Bertz CT molecular complexity index is 1130. The van der Waals surface area contributed by atoms with E-state index < -0.39 is 28.5 Å². The van der Waals surface area contributed by atoms with Crippen LogP contribution in [0.3, 0.4) is 0 Å². The topological polar surface area (TPSA) is 105 Å². The van der Waals surface area contributed by atoms with Crippen LogP contribution in [0.4, 0.5) is 5.69 Å². The fraction of sp³-hybridized carbons (Fsp3) is 0.391. The van der Waals surface area contributed by atoms with Crippen LogP contribution in [0.1, 0.15) is 18.9 Å². The molecule has 0 aliphatic rings. The average molecular weight is 512 g/mol. The standard InChI is InChI=1S/C23H30ClN3O6S/c1-6-19(23(29)25-2)26(14-16-9-7-8-10-18(16)24)22(28)15-27(34(5,30)31)20-13-17(32-3)11-12-21(20)33-4/h7-13,19H,6,14-15H2,1-5H3,(H,25,29)/t19-/m0/s1. The first kappa shape index (κ1) is 27.3. The minimum absolute atomic E-state index is 0.0251. The lowest BCUT2D eigenvalue weighted by Gasteiger charge is -2.33. The molecule has 0 saturated carbocycles. The summed E-state index contributed by atoms with van der Waals surface area (Å²) in [4.78, 5) is 27.5. The zero-order chi connectivity index (χ0) is 25.5. The van der Waals surface area contributed by atoms with E-state index >= 15 is 0 Å². The van der Waals surface area contributed by atoms with Crippen LogP contribution in [0.2, 0.25) is 5.02 Å². The van der Waals surface area contributed by atoms with E-state index in [9.17, 15) is 18.0 Å². The summed E-state index contributed by atoms with van der Waals surface area (Å²) >= 11 is 6.31. The van der Waals surface area contributed by atoms with Crippen LogP contribution in [0.15, 0.2) is 42.5 Å². The molecule has 0 radical (unpaired) electrons. The highest BCUT2D eigenvalue weighted by Crippen LogP contribution is 2.34. The van der Waals surface area contributed by atoms with Gasteiger partial charge in [0.15, 0.2) is 0 Å². The maximum atomic E-state index is 13.6. The molecule has 0 aliphatic heterocycles. The average Bonchev–Trinajstić information content (AvgIpc) is 2.81. The lowest BCUT2D eigenvalue weighted by Crippen LogP contribution is -2.51. The second kappa shape index (κ2) is 11.9. The van der Waals surface area contributed by atoms with E-state index in [0.29, 0.717) is 22.8 Å². The zero-order valence-electron chi connectivity index (χ0n) is 19.9. The minimum Gasteiger partial charge on any atom is -0.497 e. The van der Waals surface area contributed by atoms with Crippen molar-refractivity contribution in [3.8, 4) is 11.5 Å². The molecule has 2 aromatic carbocycles. The van der Waals surface area contributed by atoms with Crippen molar-refractivity contribution in [1.29, 1.82) is 0 Å². The summed E-state index contributed by atoms with van der Waals surface area (Å²) in [6.45, 7) is 1.24. The van der Waals surface area contributed by atoms with Crippen LogP contribution < -0.4 is 19.1 Å². The number of hydrogen-bond acceptors (Lipinski definition) is 6. The van der Waals surface area contributed by atoms with Crippen LogP contribution in [-0.4, -0.2) is 65.2 Å². The monoisotopic (exact) mass is 511 g/mol. The summed E-state index contributed by atoms with van der Waals surface area (Å²) in [6.07, 6.45) is 1.31. The quantitative estimate of drug-likeness (QED) is 0.497. The number of anilines is 1. The summed E-state index contributed by atoms with van der Waals surface area (Å²) in [7, 11) is 0.405. The number of carbonyl (C=O) groups is 2. The van der Waals surface area contributed by atoms with E-state index in [1.54, 1.807) is 43.3 Å². The molecule has 0 bridgehead atoms. The SMILES string of the molecule is CC[C@@H](C(=O)NC)N(Cc1ccccc1Cl)C(=O)CN(c1cc(OC)ccc1OC)S(C)(=O)=O. The number of halogens is 1. The van der Waals surface area contributed by atoms with Gasteiger partial charge in [-0.3, -0.25) is 13.9 Å². The van der Waals surface area contributed by atoms with Crippen molar-refractivity contribution in [3.05, 3.63) is 53.1 Å². The molecule has 0 saturated heterocycles. The predicted octanol–water partition coefficient (Wildman–Crippen LogP) is 2.68. The molecular formula is C23H30ClN3O6S. The van der Waals surface area contributed by atoms with Crippen molar-refractivity contribution in [2.45, 2.75) is 25.9 Å². The van der Waals surface area contributed by atoms with Crippen molar-refractivity contribution in [3.63, 3.8) is 0 Å². The molecule has 9 nitrogen and oxygen atoms in total. The molecule has 0 fully saturated rings. The van der Waals surface area contributed by atoms with Gasteiger partial charge in [0.05, 0.1) is 26.2 Å². The minimum atomic E-state index is -3.92. The van der Waals surface area contributed by atoms with Crippen molar-refractivity contribution in [2.75, 3.05) is 38.4 Å². The fourth-order valence-electron chi connectivity index (χ4n) is 3.48. The number of carbonyl (C=O) groups excluding carboxylic acids is 2. The van der Waals surface area contributed by atoms with Gasteiger partial charge in [0, 0.05) is 24.7 Å². The highest BCUT2D eigenvalue weighted by Gasteiger charge is 2.32. The number of likely N-dealkylation sites (N-methyl/N-ethyl adjacent to an activating group) is 1. The largest absolute Gasteiger partial charge is 0.497 e. The lowest BCUT2D eigenvalue weighted by molar-refractivity contribution is -0.140. The number of amides is 2. The maximum Gasteiger partial charge on any atom is 0.244 e. The third-order valence-corrected chi connectivity index (χ3v) is 6.76. The summed E-state index contributed by atoms with van der Waals surface area (Å²) in [5.74, 6) is -0.310. The Balaban J connectivity index is 2.53. The van der Waals surface area contributed by atoms with E-state index in [4.69, 9.17) is 21.1 Å². The van der Waals surface area contributed by atoms with Gasteiger partial charge < -0.3 is 19.7 Å². The van der Waals surface area contributed by atoms with Gasteiger partial charge in [-0.15, -0.1) is 0 Å². The van der Waals surface area contributed by atoms with Crippen LogP contribution >= 0.6 is 11.6 Å². The number of nitrogens with zero attached hydrogens (tertiary/aromatic N) is 2. The van der Waals surface area contributed by atoms with E-state index in [1.165, 1.54) is 32.2 Å². The highest BCUT2D eigenvalue weighted by atomic mass is 35.5. The molecule has 0 aromatic heterocycles. The highest BCUT2D eigenvalue weighted by molar-refractivity contribution is 7.92. The fourth-order valence-corrected chi connectivity index (χ4v) is 4.52. The Morgan fingerprint density at radius 2 is 1.79 bits per heavy atom. The molecule has 34 heavy (non-hydrogen) atoms. The number of rotatable bonds is 11. The van der Waals surface area contributed by atoms with E-state index in [0.717, 1.165) is 10.6 Å². The second-order valence-electron chi connectivity index (χ2n) is 7.46. The molecule has 11 heteroatoms. The number of methoxy groups -OCH3 is 2. The first-order chi connectivity index (χ1) is 16.1. The molecule has 2 rings (SSSR count). The normalized spacial score (nSPS) is 11.9. The van der Waals surface area contributed by atoms with E-state index in [2.05, 4.69) is 5.32 Å². The van der Waals surface area contributed by atoms with Gasteiger partial charge in [-0.1, -0.05) is 36.7 Å². The molecule has 1 atom stereocenters. The smallest absolute Gasteiger partial charge is 0.244 e. The van der Waals surface area contributed by atoms with E-state index in [-0.39, 0.29) is 23.9 Å². The molecule has 0 unspecified atom stereocenters. The van der Waals surface area contributed by atoms with Crippen LogP contribution in [0.5, 0.6) is 11.5 Å². The maximum absolute atomic E-state index is 13.6. The van der Waals surface area contributed by atoms with Gasteiger partial charge in [0.1, 0.15) is 24.1 Å². The number of nitrogens with one attached hydrogen (secondary N) is 1. The van der Waals surface area contributed by atoms with Crippen molar-refractivity contribution < 1.29 is 27.5 Å². The molecule has 186 valence electrons. The summed E-state index contributed by atoms with van der Waals surface area (Å²) < 4.78 is 37.0. The van der Waals surface area contributed by atoms with Crippen molar-refractivity contribution in [1.82, 2.24) is 10.2 Å². The zero-order valence-corrected chi connectivity index (χ0v) is 21.4. The van der Waals surface area contributed by atoms with E-state index in [1.807, 2.05) is 0 Å². The Morgan fingerprint density at radius 3 is 2.32 bits per heavy atom. The summed E-state index contributed by atoms with van der Waals surface area (Å²) in [5, 5.41) is 3.00. The Morgan fingerprint density at radius 1 is 1.12 bits per heavy atom. The number of ether oxygens (including phenoxy) is 2. The Labute approximate surface area is 205 Å². The number of benzene rings is 2. The van der Waals surface area contributed by atoms with Gasteiger partial charge in [-0.25, -0.2) is 8.42 Å². The van der Waals surface area contributed by atoms with Gasteiger partial charge in [0.25, 0.3) is 0 Å². The molecule has 1 N–H and O–H groups in total. The Kier molecular flexibility index (Phi) is 9.57. The van der Waals surface area contributed by atoms with Crippen LogP contribution in [-0.2, 0) is 26.2 Å². The molecule has 0 spiro atoms. The molecule has 0 aliphatic carbocycles. The molecule has 2 amide bonds. The molecular weight excluding hydrogens is 482 g/mol. The number of hydrogen-bond donors (Lipinski definition) is 1. The lowest BCUT2D eigenvalue weighted by atomic mass is 10.1. The van der Waals surface area contributed by atoms with Crippen molar-refractivity contribution in [2.24, 2.45) is 0 Å². The summed E-state index contributed by atoms with van der Waals surface area (Å²) in [6, 6.07) is 10.8. The first-order valence-corrected chi connectivity index (χ1v) is 12.7. The first-order valence-electron chi connectivity index (χ1n) is 10.5. The third-order valence-electron chi connectivity index (χ3n) is 5.26. The second-order valence-corrected chi connectivity index (χ2v) is 9.77. The summed E-state index contributed by atoms with van der Waals surface area (Å²) in [5.41, 5.74) is 0.771. The van der Waals surface area contributed by atoms with Crippen molar-refractivity contribution >= 4 is 39.1 Å².